The van der Waals surface area contributed by atoms with E-state index < -0.39 is 0 Å². The van der Waals surface area contributed by atoms with Gasteiger partial charge < -0.3 is 9.64 Å². The van der Waals surface area contributed by atoms with Crippen LogP contribution in [0.4, 0.5) is 0 Å². The number of likely N-dealkylation sites (tertiary alicyclic amines) is 1. The molecule has 2 aromatic rings. The van der Waals surface area contributed by atoms with Crippen molar-refractivity contribution in [2.45, 2.75) is 39.0 Å². The van der Waals surface area contributed by atoms with Gasteiger partial charge in [0.25, 0.3) is 0 Å². The van der Waals surface area contributed by atoms with E-state index in [1.165, 1.54) is 16.7 Å². The van der Waals surface area contributed by atoms with Gasteiger partial charge in [-0.25, -0.2) is 0 Å². The molecule has 30 heavy (non-hydrogen) atoms. The second-order valence-corrected chi connectivity index (χ2v) is 8.77. The highest BCUT2D eigenvalue weighted by atomic mass is 16.5. The van der Waals surface area contributed by atoms with Crippen molar-refractivity contribution in [1.82, 2.24) is 14.8 Å². The van der Waals surface area contributed by atoms with Gasteiger partial charge in [0.15, 0.2) is 0 Å². The van der Waals surface area contributed by atoms with E-state index in [4.69, 9.17) is 9.72 Å². The molecule has 0 N–H and O–H groups in total. The Morgan fingerprint density at radius 2 is 1.93 bits per heavy atom. The largest absolute Gasteiger partial charge is 0.379 e. The summed E-state index contributed by atoms with van der Waals surface area (Å²) in [6.45, 7) is 9.53. The van der Waals surface area contributed by atoms with Crippen molar-refractivity contribution in [2.24, 2.45) is 0 Å². The number of hydrogen-bond acceptors (Lipinski definition) is 4. The van der Waals surface area contributed by atoms with E-state index in [1.54, 1.807) is 0 Å². The van der Waals surface area contributed by atoms with Gasteiger partial charge in [0.05, 0.1) is 19.8 Å². The van der Waals surface area contributed by atoms with E-state index in [0.717, 1.165) is 70.0 Å². The highest BCUT2D eigenvalue weighted by molar-refractivity contribution is 5.78. The van der Waals surface area contributed by atoms with Crippen molar-refractivity contribution in [1.29, 1.82) is 0 Å². The average Bonchev–Trinajstić information content (AvgIpc) is 2.74. The topological polar surface area (TPSA) is 45.7 Å². The second kappa shape index (κ2) is 9.71. The maximum absolute atomic E-state index is 12.9. The lowest BCUT2D eigenvalue weighted by Gasteiger charge is -2.35. The van der Waals surface area contributed by atoms with E-state index in [-0.39, 0.29) is 5.91 Å². The van der Waals surface area contributed by atoms with Crippen LogP contribution in [0.1, 0.15) is 46.8 Å². The number of amides is 1. The molecule has 0 saturated carbocycles. The number of pyridine rings is 1. The Balaban J connectivity index is 1.43. The van der Waals surface area contributed by atoms with Crippen LogP contribution in [0.5, 0.6) is 0 Å². The van der Waals surface area contributed by atoms with Crippen LogP contribution in [0.15, 0.2) is 36.4 Å². The van der Waals surface area contributed by atoms with Crippen LogP contribution in [-0.4, -0.2) is 66.6 Å². The maximum atomic E-state index is 12.9. The molecule has 2 aliphatic rings. The van der Waals surface area contributed by atoms with E-state index >= 15 is 0 Å². The third-order valence-electron chi connectivity index (χ3n) is 6.18. The minimum absolute atomic E-state index is 0.245. The van der Waals surface area contributed by atoms with Crippen molar-refractivity contribution in [3.8, 4) is 0 Å². The van der Waals surface area contributed by atoms with Crippen molar-refractivity contribution in [3.63, 3.8) is 0 Å². The lowest BCUT2D eigenvalue weighted by Crippen LogP contribution is -2.47. The van der Waals surface area contributed by atoms with Gasteiger partial charge in [-0.15, -0.1) is 0 Å². The van der Waals surface area contributed by atoms with Crippen LogP contribution in [0.3, 0.4) is 0 Å². The number of aryl methyl sites for hydroxylation is 2. The molecular formula is C25H33N3O2. The first-order valence-corrected chi connectivity index (χ1v) is 11.2. The molecule has 1 aromatic heterocycles. The molecule has 0 radical (unpaired) electrons. The Morgan fingerprint density at radius 1 is 1.10 bits per heavy atom. The number of morpholine rings is 1. The predicted octanol–water partition coefficient (Wildman–Crippen LogP) is 3.33. The van der Waals surface area contributed by atoms with Gasteiger partial charge in [-0.2, -0.15) is 0 Å². The number of piperidine rings is 1. The summed E-state index contributed by atoms with van der Waals surface area (Å²) in [7, 11) is 0. The Kier molecular flexibility index (Phi) is 6.80. The number of aromatic nitrogens is 1. The van der Waals surface area contributed by atoms with Crippen molar-refractivity contribution < 1.29 is 9.53 Å². The normalized spacial score (nSPS) is 20.3. The summed E-state index contributed by atoms with van der Waals surface area (Å²) in [5.41, 5.74) is 6.13. The second-order valence-electron chi connectivity index (χ2n) is 8.77. The molecule has 0 spiro atoms. The van der Waals surface area contributed by atoms with Gasteiger partial charge in [-0.3, -0.25) is 14.7 Å². The molecule has 160 valence electrons. The van der Waals surface area contributed by atoms with E-state index in [9.17, 15) is 4.79 Å². The lowest BCUT2D eigenvalue weighted by molar-refractivity contribution is -0.134. The zero-order valence-corrected chi connectivity index (χ0v) is 18.3. The molecule has 2 aliphatic heterocycles. The zero-order valence-electron chi connectivity index (χ0n) is 18.3. The summed E-state index contributed by atoms with van der Waals surface area (Å²) in [6, 6.07) is 13.2. The number of rotatable bonds is 5. The number of nitrogens with zero attached hydrogens (tertiary/aromatic N) is 3. The summed E-state index contributed by atoms with van der Waals surface area (Å²) < 4.78 is 5.40. The molecule has 0 aliphatic carbocycles. The summed E-state index contributed by atoms with van der Waals surface area (Å²) in [5.74, 6) is 0.567. The summed E-state index contributed by atoms with van der Waals surface area (Å²) >= 11 is 0. The van der Waals surface area contributed by atoms with Crippen LogP contribution >= 0.6 is 0 Å². The molecule has 5 nitrogen and oxygen atoms in total. The molecular weight excluding hydrogens is 374 g/mol. The van der Waals surface area contributed by atoms with E-state index in [0.29, 0.717) is 12.5 Å². The number of carbonyl (C=O) groups is 1. The van der Waals surface area contributed by atoms with Crippen molar-refractivity contribution in [3.05, 3.63) is 64.5 Å². The van der Waals surface area contributed by atoms with Gasteiger partial charge >= 0.3 is 0 Å². The highest BCUT2D eigenvalue weighted by Crippen LogP contribution is 2.27. The third kappa shape index (κ3) is 5.46. The standard InChI is InChI=1S/C25H33N3O2/c1-19-5-3-6-21(13-19)15-22-14-20(2)26-24(16-22)23-7-4-8-28(17-23)25(29)18-27-9-11-30-12-10-27/h3,5-6,13-14,16,23H,4,7-12,15,17-18H2,1-2H3/t23-/m0/s1. The molecule has 0 bridgehead atoms. The molecule has 1 amide bonds. The first kappa shape index (κ1) is 21.0. The van der Waals surface area contributed by atoms with Gasteiger partial charge in [-0.05, 0) is 56.4 Å². The van der Waals surface area contributed by atoms with E-state index in [2.05, 4.69) is 55.1 Å². The van der Waals surface area contributed by atoms with Crippen LogP contribution < -0.4 is 0 Å². The molecule has 0 unspecified atom stereocenters. The van der Waals surface area contributed by atoms with Crippen LogP contribution in [-0.2, 0) is 16.0 Å². The van der Waals surface area contributed by atoms with E-state index in [1.807, 2.05) is 4.90 Å². The van der Waals surface area contributed by atoms with Crippen molar-refractivity contribution >= 4 is 5.91 Å². The fourth-order valence-electron chi connectivity index (χ4n) is 4.63. The van der Waals surface area contributed by atoms with Crippen LogP contribution in [0.25, 0.3) is 0 Å². The Bertz CT molecular complexity index is 876. The number of ether oxygens (including phenoxy) is 1. The smallest absolute Gasteiger partial charge is 0.236 e. The number of hydrogen-bond donors (Lipinski definition) is 0. The molecule has 2 fully saturated rings. The zero-order chi connectivity index (χ0) is 20.9. The van der Waals surface area contributed by atoms with Gasteiger partial charge in [0, 0.05) is 43.5 Å². The quantitative estimate of drug-likeness (QED) is 0.763. The Morgan fingerprint density at radius 3 is 2.73 bits per heavy atom. The molecule has 1 aromatic carbocycles. The van der Waals surface area contributed by atoms with Crippen LogP contribution in [0, 0.1) is 13.8 Å². The van der Waals surface area contributed by atoms with Crippen molar-refractivity contribution in [2.75, 3.05) is 45.9 Å². The molecule has 3 heterocycles. The number of benzene rings is 1. The first-order chi connectivity index (χ1) is 14.6. The number of carbonyl (C=O) groups excluding carboxylic acids is 1. The summed E-state index contributed by atoms with van der Waals surface area (Å²) in [6.07, 6.45) is 3.06. The molecule has 5 heteroatoms. The lowest BCUT2D eigenvalue weighted by atomic mass is 9.92. The Hall–Kier alpha value is -2.24. The maximum Gasteiger partial charge on any atom is 0.236 e. The molecule has 4 rings (SSSR count). The molecule has 1 atom stereocenters. The van der Waals surface area contributed by atoms with Gasteiger partial charge in [0.2, 0.25) is 5.91 Å². The predicted molar refractivity (Wildman–Crippen MR) is 119 cm³/mol. The fourth-order valence-corrected chi connectivity index (χ4v) is 4.63. The van der Waals surface area contributed by atoms with Gasteiger partial charge in [0.1, 0.15) is 0 Å². The first-order valence-electron chi connectivity index (χ1n) is 11.2. The minimum Gasteiger partial charge on any atom is -0.379 e. The Labute approximate surface area is 180 Å². The average molecular weight is 408 g/mol. The monoisotopic (exact) mass is 407 g/mol. The van der Waals surface area contributed by atoms with Gasteiger partial charge in [-0.1, -0.05) is 29.8 Å². The summed E-state index contributed by atoms with van der Waals surface area (Å²) in [4.78, 5) is 22.0. The fraction of sp³-hybridized carbons (Fsp3) is 0.520. The minimum atomic E-state index is 0.245. The summed E-state index contributed by atoms with van der Waals surface area (Å²) in [5, 5.41) is 0. The highest BCUT2D eigenvalue weighted by Gasteiger charge is 2.27. The SMILES string of the molecule is Cc1cccc(Cc2cc(C)nc([C@H]3CCCN(C(=O)CN4CCOCC4)C3)c2)c1. The van der Waals surface area contributed by atoms with Crippen LogP contribution in [0.2, 0.25) is 0 Å². The third-order valence-corrected chi connectivity index (χ3v) is 6.18. The molecule has 2 saturated heterocycles.